The Morgan fingerprint density at radius 1 is 1.45 bits per heavy atom. The van der Waals surface area contributed by atoms with Crippen molar-refractivity contribution >= 4 is 29.0 Å². The quantitative estimate of drug-likeness (QED) is 0.671. The molecule has 1 aromatic carbocycles. The van der Waals surface area contributed by atoms with Gasteiger partial charge in [0.1, 0.15) is 23.4 Å². The topological polar surface area (TPSA) is 58.7 Å². The first-order valence-electron chi connectivity index (χ1n) is 6.41. The van der Waals surface area contributed by atoms with Gasteiger partial charge >= 0.3 is 0 Å². The van der Waals surface area contributed by atoms with Crippen LogP contribution < -0.4 is 10.5 Å². The maximum atomic E-state index is 9.91. The second kappa shape index (κ2) is 9.18. The second-order valence-electron chi connectivity index (χ2n) is 4.61. The Bertz CT molecular complexity index is 412. The van der Waals surface area contributed by atoms with Crippen molar-refractivity contribution in [3.05, 3.63) is 29.8 Å². The molecule has 0 saturated heterocycles. The zero-order valence-corrected chi connectivity index (χ0v) is 13.5. The number of nitrogens with two attached hydrogens (primary N) is 1. The van der Waals surface area contributed by atoms with Crippen LogP contribution in [0.4, 0.5) is 0 Å². The van der Waals surface area contributed by atoms with E-state index in [0.29, 0.717) is 17.3 Å². The van der Waals surface area contributed by atoms with E-state index < -0.39 is 6.10 Å². The summed E-state index contributed by atoms with van der Waals surface area (Å²) >= 11 is 6.68. The van der Waals surface area contributed by atoms with Crippen molar-refractivity contribution in [2.75, 3.05) is 38.8 Å². The second-order valence-corrected chi connectivity index (χ2v) is 6.03. The van der Waals surface area contributed by atoms with Gasteiger partial charge in [0.2, 0.25) is 0 Å². The van der Waals surface area contributed by atoms with Gasteiger partial charge in [-0.1, -0.05) is 12.2 Å². The van der Waals surface area contributed by atoms with Gasteiger partial charge in [0.05, 0.1) is 0 Å². The fraction of sp³-hybridized carbons (Fsp3) is 0.500. The van der Waals surface area contributed by atoms with Crippen LogP contribution in [0.5, 0.6) is 5.75 Å². The van der Waals surface area contributed by atoms with Crippen molar-refractivity contribution in [3.8, 4) is 5.75 Å². The average molecular weight is 314 g/mol. The fourth-order valence-corrected chi connectivity index (χ4v) is 2.29. The summed E-state index contributed by atoms with van der Waals surface area (Å²) in [6.07, 6.45) is 1.57. The molecule has 0 bridgehead atoms. The summed E-state index contributed by atoms with van der Waals surface area (Å²) in [7, 11) is 2.00. The van der Waals surface area contributed by atoms with Crippen LogP contribution in [0.15, 0.2) is 24.3 Å². The molecule has 0 amide bonds. The molecule has 1 unspecified atom stereocenters. The average Bonchev–Trinajstić information content (AvgIpc) is 2.43. The molecule has 0 aliphatic carbocycles. The highest BCUT2D eigenvalue weighted by Gasteiger charge is 2.09. The first-order valence-corrected chi connectivity index (χ1v) is 8.21. The molecule has 0 fully saturated rings. The van der Waals surface area contributed by atoms with E-state index in [9.17, 15) is 5.11 Å². The van der Waals surface area contributed by atoms with E-state index in [1.165, 1.54) is 0 Å². The minimum absolute atomic E-state index is 0.274. The van der Waals surface area contributed by atoms with Gasteiger partial charge in [-0.25, -0.2) is 0 Å². The van der Waals surface area contributed by atoms with Gasteiger partial charge in [-0.05, 0) is 37.6 Å². The molecule has 1 aromatic rings. The molecular formula is C14H22N2O2S2. The lowest BCUT2D eigenvalue weighted by Gasteiger charge is -2.20. The van der Waals surface area contributed by atoms with Gasteiger partial charge in [0.15, 0.2) is 0 Å². The van der Waals surface area contributed by atoms with Crippen LogP contribution in [0.3, 0.4) is 0 Å². The molecule has 0 radical (unpaired) electrons. The number of thioether (sulfide) groups is 1. The number of aliphatic hydroxyl groups is 1. The number of ether oxygens (including phenoxy) is 1. The number of hydrogen-bond donors (Lipinski definition) is 2. The summed E-state index contributed by atoms with van der Waals surface area (Å²) in [6, 6.07) is 7.24. The summed E-state index contributed by atoms with van der Waals surface area (Å²) in [6.45, 7) is 1.84. The van der Waals surface area contributed by atoms with Gasteiger partial charge in [-0.15, -0.1) is 0 Å². The molecule has 1 atom stereocenters. The predicted octanol–water partition coefficient (Wildman–Crippen LogP) is 1.36. The smallest absolute Gasteiger partial charge is 0.119 e. The van der Waals surface area contributed by atoms with E-state index in [1.807, 2.05) is 19.2 Å². The SMILES string of the molecule is CSCCN(C)CC(O)COc1ccc(C(N)=S)cc1. The molecule has 0 heterocycles. The van der Waals surface area contributed by atoms with Crippen molar-refractivity contribution in [1.29, 1.82) is 0 Å². The number of rotatable bonds is 9. The van der Waals surface area contributed by atoms with Gasteiger partial charge < -0.3 is 20.5 Å². The molecule has 6 heteroatoms. The lowest BCUT2D eigenvalue weighted by molar-refractivity contribution is 0.0781. The number of benzene rings is 1. The zero-order chi connectivity index (χ0) is 15.0. The summed E-state index contributed by atoms with van der Waals surface area (Å²) in [5, 5.41) is 9.91. The number of nitrogens with zero attached hydrogens (tertiary/aromatic N) is 1. The number of likely N-dealkylation sites (N-methyl/N-ethyl adjacent to an activating group) is 1. The third-order valence-corrected chi connectivity index (χ3v) is 3.61. The molecule has 1 rings (SSSR count). The summed E-state index contributed by atoms with van der Waals surface area (Å²) < 4.78 is 5.54. The summed E-state index contributed by atoms with van der Waals surface area (Å²) in [4.78, 5) is 2.47. The Morgan fingerprint density at radius 3 is 2.65 bits per heavy atom. The number of thiocarbonyl (C=S) groups is 1. The van der Waals surface area contributed by atoms with Crippen LogP contribution in [0.2, 0.25) is 0 Å². The monoisotopic (exact) mass is 314 g/mol. The van der Waals surface area contributed by atoms with E-state index in [-0.39, 0.29) is 6.61 Å². The van der Waals surface area contributed by atoms with E-state index in [1.54, 1.807) is 23.9 Å². The standard InChI is InChI=1S/C14H22N2O2S2/c1-16(7-8-20-2)9-12(17)10-18-13-5-3-11(4-6-13)14(15)19/h3-6,12,17H,7-10H2,1-2H3,(H2,15,19). The Hall–Kier alpha value is -0.820. The maximum absolute atomic E-state index is 9.91. The Labute approximate surface area is 130 Å². The number of aliphatic hydroxyl groups excluding tert-OH is 1. The Kier molecular flexibility index (Phi) is 7.91. The molecular weight excluding hydrogens is 292 g/mol. The van der Waals surface area contributed by atoms with Crippen LogP contribution in [0, 0.1) is 0 Å². The third kappa shape index (κ3) is 6.56. The van der Waals surface area contributed by atoms with Gasteiger partial charge in [-0.3, -0.25) is 0 Å². The predicted molar refractivity (Wildman–Crippen MR) is 89.7 cm³/mol. The van der Waals surface area contributed by atoms with Crippen LogP contribution in [0.1, 0.15) is 5.56 Å². The Morgan fingerprint density at radius 2 is 2.10 bits per heavy atom. The largest absolute Gasteiger partial charge is 0.491 e. The zero-order valence-electron chi connectivity index (χ0n) is 11.9. The molecule has 20 heavy (non-hydrogen) atoms. The minimum Gasteiger partial charge on any atom is -0.491 e. The molecule has 0 saturated carbocycles. The minimum atomic E-state index is -0.503. The van der Waals surface area contributed by atoms with Crippen LogP contribution in [0.25, 0.3) is 0 Å². The van der Waals surface area contributed by atoms with Crippen molar-refractivity contribution in [2.45, 2.75) is 6.10 Å². The number of hydrogen-bond acceptors (Lipinski definition) is 5. The van der Waals surface area contributed by atoms with Crippen LogP contribution in [-0.4, -0.2) is 59.9 Å². The van der Waals surface area contributed by atoms with Crippen LogP contribution >= 0.6 is 24.0 Å². The van der Waals surface area contributed by atoms with Crippen molar-refractivity contribution < 1.29 is 9.84 Å². The molecule has 0 aliphatic rings. The third-order valence-electron chi connectivity index (χ3n) is 2.78. The normalized spacial score (nSPS) is 12.4. The first-order chi connectivity index (χ1) is 9.52. The van der Waals surface area contributed by atoms with Gasteiger partial charge in [0, 0.05) is 24.4 Å². The van der Waals surface area contributed by atoms with E-state index in [2.05, 4.69) is 11.2 Å². The van der Waals surface area contributed by atoms with Crippen molar-refractivity contribution in [1.82, 2.24) is 4.90 Å². The molecule has 0 aromatic heterocycles. The highest BCUT2D eigenvalue weighted by Crippen LogP contribution is 2.12. The summed E-state index contributed by atoms with van der Waals surface area (Å²) in [5.74, 6) is 1.76. The highest BCUT2D eigenvalue weighted by molar-refractivity contribution is 7.98. The summed E-state index contributed by atoms with van der Waals surface area (Å²) in [5.41, 5.74) is 6.33. The van der Waals surface area contributed by atoms with Gasteiger partial charge in [0.25, 0.3) is 0 Å². The highest BCUT2D eigenvalue weighted by atomic mass is 32.2. The lowest BCUT2D eigenvalue weighted by atomic mass is 10.2. The molecule has 0 spiro atoms. The van der Waals surface area contributed by atoms with Crippen LogP contribution in [-0.2, 0) is 0 Å². The lowest BCUT2D eigenvalue weighted by Crippen LogP contribution is -2.34. The van der Waals surface area contributed by atoms with E-state index in [0.717, 1.165) is 17.9 Å². The van der Waals surface area contributed by atoms with Crippen molar-refractivity contribution in [2.24, 2.45) is 5.73 Å². The molecule has 4 nitrogen and oxygen atoms in total. The van der Waals surface area contributed by atoms with Crippen molar-refractivity contribution in [3.63, 3.8) is 0 Å². The molecule has 112 valence electrons. The van der Waals surface area contributed by atoms with E-state index in [4.69, 9.17) is 22.7 Å². The maximum Gasteiger partial charge on any atom is 0.119 e. The fourth-order valence-electron chi connectivity index (χ4n) is 1.66. The molecule has 3 N–H and O–H groups in total. The van der Waals surface area contributed by atoms with E-state index >= 15 is 0 Å². The Balaban J connectivity index is 2.33. The molecule has 0 aliphatic heterocycles. The first kappa shape index (κ1) is 17.2. The van der Waals surface area contributed by atoms with Gasteiger partial charge in [-0.2, -0.15) is 11.8 Å².